The molecule has 0 radical (unpaired) electrons. The highest BCUT2D eigenvalue weighted by molar-refractivity contribution is 9.10. The van der Waals surface area contributed by atoms with Gasteiger partial charge in [0.1, 0.15) is 5.82 Å². The van der Waals surface area contributed by atoms with E-state index in [1.165, 1.54) is 0 Å². The zero-order chi connectivity index (χ0) is 13.0. The van der Waals surface area contributed by atoms with Gasteiger partial charge in [-0.3, -0.25) is 0 Å². The smallest absolute Gasteiger partial charge is 0.128 e. The second kappa shape index (κ2) is 6.25. The number of aryl methyl sites for hydroxylation is 1. The van der Waals surface area contributed by atoms with Crippen molar-refractivity contribution in [2.45, 2.75) is 26.4 Å². The van der Waals surface area contributed by atoms with Crippen LogP contribution >= 0.6 is 27.5 Å². The van der Waals surface area contributed by atoms with Gasteiger partial charge in [-0.05, 0) is 40.5 Å². The first-order valence-electron chi connectivity index (χ1n) is 5.89. The Balaban J connectivity index is 2.06. The standard InChI is InChI=1S/C13H15BrClN3/c1-2-6-18-7-5-16-13(18)9-17-12-8-10(15)3-4-11(12)14/h3-5,7-8,17H,2,6,9H2,1H3. The van der Waals surface area contributed by atoms with E-state index in [9.17, 15) is 0 Å². The SMILES string of the molecule is CCCn1ccnc1CNc1cc(Cl)ccc1Br. The van der Waals surface area contributed by atoms with Crippen LogP contribution in [0.4, 0.5) is 5.69 Å². The van der Waals surface area contributed by atoms with Crippen molar-refractivity contribution in [2.75, 3.05) is 5.32 Å². The van der Waals surface area contributed by atoms with Crippen molar-refractivity contribution in [3.05, 3.63) is 45.9 Å². The van der Waals surface area contributed by atoms with Gasteiger partial charge in [0.2, 0.25) is 0 Å². The Morgan fingerprint density at radius 2 is 2.28 bits per heavy atom. The maximum Gasteiger partial charge on any atom is 0.128 e. The molecule has 0 saturated carbocycles. The summed E-state index contributed by atoms with van der Waals surface area (Å²) in [7, 11) is 0. The van der Waals surface area contributed by atoms with Crippen LogP contribution in [0.3, 0.4) is 0 Å². The van der Waals surface area contributed by atoms with Crippen molar-refractivity contribution >= 4 is 33.2 Å². The fraction of sp³-hybridized carbons (Fsp3) is 0.308. The Bertz CT molecular complexity index is 525. The molecular formula is C13H15BrClN3. The highest BCUT2D eigenvalue weighted by Crippen LogP contribution is 2.26. The number of hydrogen-bond acceptors (Lipinski definition) is 2. The number of benzene rings is 1. The molecule has 1 aromatic carbocycles. The van der Waals surface area contributed by atoms with E-state index in [2.05, 4.69) is 37.7 Å². The van der Waals surface area contributed by atoms with Crippen LogP contribution in [0, 0.1) is 0 Å². The van der Waals surface area contributed by atoms with E-state index >= 15 is 0 Å². The molecule has 5 heteroatoms. The minimum Gasteiger partial charge on any atom is -0.377 e. The average molecular weight is 329 g/mol. The molecule has 0 aliphatic heterocycles. The van der Waals surface area contributed by atoms with E-state index < -0.39 is 0 Å². The first-order valence-corrected chi connectivity index (χ1v) is 7.06. The summed E-state index contributed by atoms with van der Waals surface area (Å²) in [5.41, 5.74) is 0.980. The molecule has 0 aliphatic rings. The summed E-state index contributed by atoms with van der Waals surface area (Å²) in [6.07, 6.45) is 4.94. The maximum atomic E-state index is 5.98. The topological polar surface area (TPSA) is 29.9 Å². The summed E-state index contributed by atoms with van der Waals surface area (Å²) >= 11 is 9.47. The highest BCUT2D eigenvalue weighted by Gasteiger charge is 2.04. The predicted molar refractivity (Wildman–Crippen MR) is 79.0 cm³/mol. The summed E-state index contributed by atoms with van der Waals surface area (Å²) in [6, 6.07) is 5.69. The zero-order valence-electron chi connectivity index (χ0n) is 10.2. The molecule has 1 aromatic heterocycles. The number of imidazole rings is 1. The number of nitrogens with zero attached hydrogens (tertiary/aromatic N) is 2. The summed E-state index contributed by atoms with van der Waals surface area (Å²) < 4.78 is 3.16. The molecule has 0 aliphatic carbocycles. The third kappa shape index (κ3) is 3.27. The summed E-state index contributed by atoms with van der Waals surface area (Å²) in [5.74, 6) is 1.03. The molecule has 3 nitrogen and oxygen atoms in total. The fourth-order valence-corrected chi connectivity index (χ4v) is 2.32. The van der Waals surface area contributed by atoms with E-state index in [4.69, 9.17) is 11.6 Å². The minimum absolute atomic E-state index is 0.686. The minimum atomic E-state index is 0.686. The number of nitrogens with one attached hydrogen (secondary N) is 1. The van der Waals surface area contributed by atoms with E-state index in [1.54, 1.807) is 0 Å². The van der Waals surface area contributed by atoms with Crippen molar-refractivity contribution in [1.29, 1.82) is 0 Å². The van der Waals surface area contributed by atoms with E-state index in [-0.39, 0.29) is 0 Å². The molecule has 18 heavy (non-hydrogen) atoms. The third-order valence-corrected chi connectivity index (χ3v) is 3.56. The monoisotopic (exact) mass is 327 g/mol. The van der Waals surface area contributed by atoms with E-state index in [0.29, 0.717) is 6.54 Å². The van der Waals surface area contributed by atoms with Gasteiger partial charge in [-0.15, -0.1) is 0 Å². The van der Waals surface area contributed by atoms with E-state index in [0.717, 1.165) is 34.0 Å². The molecule has 2 rings (SSSR count). The maximum absolute atomic E-state index is 5.98. The summed E-state index contributed by atoms with van der Waals surface area (Å²) in [5, 5.41) is 4.06. The number of hydrogen-bond donors (Lipinski definition) is 1. The normalized spacial score (nSPS) is 10.6. The molecule has 96 valence electrons. The third-order valence-electron chi connectivity index (χ3n) is 2.63. The number of aromatic nitrogens is 2. The Kier molecular flexibility index (Phi) is 4.66. The van der Waals surface area contributed by atoms with Crippen molar-refractivity contribution < 1.29 is 0 Å². The van der Waals surface area contributed by atoms with Crippen LogP contribution in [0.1, 0.15) is 19.2 Å². The van der Waals surface area contributed by atoms with Crippen molar-refractivity contribution in [1.82, 2.24) is 9.55 Å². The van der Waals surface area contributed by atoms with Gasteiger partial charge < -0.3 is 9.88 Å². The molecule has 0 atom stereocenters. The van der Waals surface area contributed by atoms with Gasteiger partial charge in [-0.2, -0.15) is 0 Å². The molecule has 1 N–H and O–H groups in total. The Labute approximate surface area is 120 Å². The van der Waals surface area contributed by atoms with Crippen LogP contribution < -0.4 is 5.32 Å². The lowest BCUT2D eigenvalue weighted by molar-refractivity contribution is 0.644. The van der Waals surface area contributed by atoms with Crippen LogP contribution in [-0.2, 0) is 13.1 Å². The quantitative estimate of drug-likeness (QED) is 0.886. The van der Waals surface area contributed by atoms with Crippen LogP contribution in [0.2, 0.25) is 5.02 Å². The van der Waals surface area contributed by atoms with Crippen molar-refractivity contribution in [3.63, 3.8) is 0 Å². The van der Waals surface area contributed by atoms with Gasteiger partial charge in [0.05, 0.1) is 12.2 Å². The molecule has 0 spiro atoms. The largest absolute Gasteiger partial charge is 0.377 e. The molecule has 0 unspecified atom stereocenters. The zero-order valence-corrected chi connectivity index (χ0v) is 12.5. The van der Waals surface area contributed by atoms with Crippen LogP contribution in [0.15, 0.2) is 35.1 Å². The molecule has 1 heterocycles. The van der Waals surface area contributed by atoms with Crippen LogP contribution in [0.5, 0.6) is 0 Å². The number of halogens is 2. The van der Waals surface area contributed by atoms with Crippen molar-refractivity contribution in [3.8, 4) is 0 Å². The van der Waals surface area contributed by atoms with Gasteiger partial charge in [0.25, 0.3) is 0 Å². The summed E-state index contributed by atoms with van der Waals surface area (Å²) in [6.45, 7) is 3.84. The Morgan fingerprint density at radius 3 is 3.06 bits per heavy atom. The van der Waals surface area contributed by atoms with Crippen molar-refractivity contribution in [2.24, 2.45) is 0 Å². The van der Waals surface area contributed by atoms with Gasteiger partial charge in [-0.25, -0.2) is 4.98 Å². The Morgan fingerprint density at radius 1 is 1.44 bits per heavy atom. The predicted octanol–water partition coefficient (Wildman–Crippen LogP) is 4.32. The second-order valence-electron chi connectivity index (χ2n) is 4.01. The van der Waals surface area contributed by atoms with Gasteiger partial charge in [0, 0.05) is 28.4 Å². The van der Waals surface area contributed by atoms with Crippen LogP contribution in [0.25, 0.3) is 0 Å². The van der Waals surface area contributed by atoms with Gasteiger partial charge in [0.15, 0.2) is 0 Å². The molecule has 0 saturated heterocycles. The average Bonchev–Trinajstić information content (AvgIpc) is 2.78. The number of anilines is 1. The fourth-order valence-electron chi connectivity index (χ4n) is 1.76. The molecule has 0 fully saturated rings. The molecule has 2 aromatic rings. The molecule has 0 bridgehead atoms. The lowest BCUT2D eigenvalue weighted by Crippen LogP contribution is -2.08. The Hall–Kier alpha value is -1.000. The lowest BCUT2D eigenvalue weighted by Gasteiger charge is -2.10. The first kappa shape index (κ1) is 13.4. The number of rotatable bonds is 5. The van der Waals surface area contributed by atoms with Gasteiger partial charge in [-0.1, -0.05) is 18.5 Å². The van der Waals surface area contributed by atoms with Crippen LogP contribution in [-0.4, -0.2) is 9.55 Å². The molecular weight excluding hydrogens is 314 g/mol. The first-order chi connectivity index (χ1) is 8.70. The second-order valence-corrected chi connectivity index (χ2v) is 5.31. The molecule has 0 amide bonds. The lowest BCUT2D eigenvalue weighted by atomic mass is 10.3. The van der Waals surface area contributed by atoms with E-state index in [1.807, 2.05) is 30.6 Å². The van der Waals surface area contributed by atoms with Gasteiger partial charge >= 0.3 is 0 Å². The highest BCUT2D eigenvalue weighted by atomic mass is 79.9. The summed E-state index contributed by atoms with van der Waals surface area (Å²) in [4.78, 5) is 4.35.